The highest BCUT2D eigenvalue weighted by Crippen LogP contribution is 2.21. The molecule has 2 aromatic rings. The van der Waals surface area contributed by atoms with E-state index in [-0.39, 0.29) is 23.8 Å². The molecule has 0 saturated carbocycles. The molecule has 1 aliphatic carbocycles. The van der Waals surface area contributed by atoms with Crippen molar-refractivity contribution in [3.8, 4) is 0 Å². The van der Waals surface area contributed by atoms with Gasteiger partial charge >= 0.3 is 0 Å². The topological polar surface area (TPSA) is 84.2 Å². The van der Waals surface area contributed by atoms with E-state index in [2.05, 4.69) is 32.3 Å². The maximum atomic E-state index is 12.9. The first-order valence-electron chi connectivity index (χ1n) is 9.89. The minimum Gasteiger partial charge on any atom is -0.392 e. The van der Waals surface area contributed by atoms with E-state index in [1.54, 1.807) is 19.1 Å². The van der Waals surface area contributed by atoms with Gasteiger partial charge in [0.1, 0.15) is 0 Å². The van der Waals surface area contributed by atoms with Crippen LogP contribution in [-0.2, 0) is 11.3 Å². The third-order valence-electron chi connectivity index (χ3n) is 4.81. The molecule has 1 atom stereocenters. The van der Waals surface area contributed by atoms with Gasteiger partial charge in [-0.05, 0) is 57.2 Å². The van der Waals surface area contributed by atoms with Gasteiger partial charge in [0.15, 0.2) is 5.16 Å². The molecule has 3 rings (SSSR count). The van der Waals surface area contributed by atoms with Crippen molar-refractivity contribution in [2.24, 2.45) is 0 Å². The second kappa shape index (κ2) is 10.4. The Balaban J connectivity index is 1.68. The Morgan fingerprint density at radius 1 is 1.41 bits per heavy atom. The molecule has 1 aliphatic rings. The van der Waals surface area contributed by atoms with Gasteiger partial charge in [-0.2, -0.15) is 0 Å². The van der Waals surface area contributed by atoms with E-state index < -0.39 is 6.10 Å². The number of amides is 1. The van der Waals surface area contributed by atoms with Crippen LogP contribution in [0.15, 0.2) is 44.3 Å². The lowest BCUT2D eigenvalue weighted by atomic mass is 9.97. The predicted molar refractivity (Wildman–Crippen MR) is 120 cm³/mol. The molecule has 6 nitrogen and oxygen atoms in total. The second-order valence-electron chi connectivity index (χ2n) is 7.32. The van der Waals surface area contributed by atoms with Gasteiger partial charge in [-0.3, -0.25) is 14.2 Å². The highest BCUT2D eigenvalue weighted by molar-refractivity contribution is 9.10. The summed E-state index contributed by atoms with van der Waals surface area (Å²) in [6.07, 6.45) is 7.26. The van der Waals surface area contributed by atoms with Crippen molar-refractivity contribution in [2.75, 3.05) is 12.3 Å². The number of hydrogen-bond donors (Lipinski definition) is 2. The Morgan fingerprint density at radius 2 is 2.24 bits per heavy atom. The highest BCUT2D eigenvalue weighted by Gasteiger charge is 2.15. The van der Waals surface area contributed by atoms with Crippen LogP contribution in [-0.4, -0.2) is 39.0 Å². The Morgan fingerprint density at radius 3 is 2.97 bits per heavy atom. The number of carbonyl (C=O) groups is 1. The van der Waals surface area contributed by atoms with Gasteiger partial charge < -0.3 is 10.4 Å². The van der Waals surface area contributed by atoms with E-state index in [0.717, 1.165) is 23.7 Å². The molecular weight excluding hydrogens is 454 g/mol. The van der Waals surface area contributed by atoms with Crippen molar-refractivity contribution in [1.82, 2.24) is 14.9 Å². The summed E-state index contributed by atoms with van der Waals surface area (Å²) in [6.45, 7) is 2.38. The molecule has 156 valence electrons. The summed E-state index contributed by atoms with van der Waals surface area (Å²) < 4.78 is 2.24. The van der Waals surface area contributed by atoms with Crippen LogP contribution < -0.4 is 10.9 Å². The lowest BCUT2D eigenvalue weighted by Gasteiger charge is -2.15. The number of nitrogens with one attached hydrogen (secondary N) is 1. The van der Waals surface area contributed by atoms with E-state index in [9.17, 15) is 14.7 Å². The molecule has 1 aromatic carbocycles. The lowest BCUT2D eigenvalue weighted by molar-refractivity contribution is -0.118. The van der Waals surface area contributed by atoms with Crippen molar-refractivity contribution < 1.29 is 9.90 Å². The Hall–Kier alpha value is -1.64. The number of aliphatic hydroxyl groups is 1. The molecule has 0 spiro atoms. The fourth-order valence-corrected chi connectivity index (χ4v) is 4.58. The minimum atomic E-state index is -0.698. The van der Waals surface area contributed by atoms with E-state index in [1.807, 2.05) is 6.07 Å². The van der Waals surface area contributed by atoms with Gasteiger partial charge in [-0.15, -0.1) is 0 Å². The average Bonchev–Trinajstić information content (AvgIpc) is 2.70. The number of nitrogens with zero attached hydrogens (tertiary/aromatic N) is 2. The predicted octanol–water partition coefficient (Wildman–Crippen LogP) is 3.64. The van der Waals surface area contributed by atoms with E-state index in [0.29, 0.717) is 22.6 Å². The van der Waals surface area contributed by atoms with Gasteiger partial charge in [-0.1, -0.05) is 39.3 Å². The first kappa shape index (κ1) is 22.1. The number of carbonyl (C=O) groups excluding carboxylic acids is 1. The quantitative estimate of drug-likeness (QED) is 0.343. The second-order valence-corrected chi connectivity index (χ2v) is 9.18. The third-order valence-corrected chi connectivity index (χ3v) is 6.28. The fraction of sp³-hybridized carbons (Fsp3) is 0.476. The molecule has 29 heavy (non-hydrogen) atoms. The van der Waals surface area contributed by atoms with Crippen molar-refractivity contribution in [2.45, 2.75) is 56.8 Å². The molecular formula is C21H26BrN3O3S. The highest BCUT2D eigenvalue weighted by atomic mass is 79.9. The molecule has 8 heteroatoms. The number of thioether (sulfide) groups is 1. The number of fused-ring (bicyclic) bond motifs is 1. The van der Waals surface area contributed by atoms with E-state index in [1.165, 1.54) is 34.7 Å². The van der Waals surface area contributed by atoms with E-state index >= 15 is 0 Å². The van der Waals surface area contributed by atoms with Crippen LogP contribution in [0.25, 0.3) is 10.9 Å². The molecule has 0 aliphatic heterocycles. The number of hydrogen-bond acceptors (Lipinski definition) is 5. The molecule has 1 heterocycles. The van der Waals surface area contributed by atoms with Gasteiger partial charge in [0.2, 0.25) is 5.91 Å². The summed E-state index contributed by atoms with van der Waals surface area (Å²) in [5, 5.41) is 13.7. The Kier molecular flexibility index (Phi) is 7.91. The van der Waals surface area contributed by atoms with Crippen molar-refractivity contribution in [3.63, 3.8) is 0 Å². The molecule has 0 saturated heterocycles. The number of rotatable bonds is 8. The van der Waals surface area contributed by atoms with Crippen LogP contribution in [0.2, 0.25) is 0 Å². The summed E-state index contributed by atoms with van der Waals surface area (Å²) >= 11 is 4.59. The van der Waals surface area contributed by atoms with Gasteiger partial charge in [-0.25, -0.2) is 4.98 Å². The SMILES string of the molecule is CC(O)Cn1c(SCC(=O)NCCC2=CCCCC2)nc2ccc(Br)cc2c1=O. The summed E-state index contributed by atoms with van der Waals surface area (Å²) in [4.78, 5) is 29.7. The number of benzene rings is 1. The molecule has 0 bridgehead atoms. The van der Waals surface area contributed by atoms with Crippen LogP contribution in [0.4, 0.5) is 0 Å². The van der Waals surface area contributed by atoms with Crippen LogP contribution in [0, 0.1) is 0 Å². The molecule has 1 amide bonds. The average molecular weight is 480 g/mol. The standard InChI is InChI=1S/C21H26BrN3O3S/c1-14(26)12-25-20(28)17-11-16(22)7-8-18(17)24-21(25)29-13-19(27)23-10-9-15-5-3-2-4-6-15/h5,7-8,11,14,26H,2-4,6,9-10,12-13H2,1H3,(H,23,27). The number of aromatic nitrogens is 2. The summed E-state index contributed by atoms with van der Waals surface area (Å²) in [5.41, 5.74) is 1.79. The first-order valence-corrected chi connectivity index (χ1v) is 11.7. The number of aliphatic hydroxyl groups excluding tert-OH is 1. The van der Waals surface area contributed by atoms with Crippen molar-refractivity contribution in [3.05, 3.63) is 44.7 Å². The van der Waals surface area contributed by atoms with Crippen LogP contribution in [0.3, 0.4) is 0 Å². The van der Waals surface area contributed by atoms with Crippen molar-refractivity contribution in [1.29, 1.82) is 0 Å². The molecule has 0 fully saturated rings. The zero-order chi connectivity index (χ0) is 20.8. The van der Waals surface area contributed by atoms with Crippen LogP contribution in [0.5, 0.6) is 0 Å². The fourth-order valence-electron chi connectivity index (χ4n) is 3.38. The summed E-state index contributed by atoms with van der Waals surface area (Å²) in [6, 6.07) is 5.33. The van der Waals surface area contributed by atoms with Gasteiger partial charge in [0.05, 0.1) is 29.3 Å². The molecule has 1 aromatic heterocycles. The van der Waals surface area contributed by atoms with Gasteiger partial charge in [0, 0.05) is 11.0 Å². The first-order chi connectivity index (χ1) is 13.9. The monoisotopic (exact) mass is 479 g/mol. The molecule has 2 N–H and O–H groups in total. The minimum absolute atomic E-state index is 0.0832. The normalized spacial score (nSPS) is 15.2. The van der Waals surface area contributed by atoms with Gasteiger partial charge in [0.25, 0.3) is 5.56 Å². The summed E-state index contributed by atoms with van der Waals surface area (Å²) in [7, 11) is 0. The number of allylic oxidation sites excluding steroid dienone is 1. The maximum absolute atomic E-state index is 12.9. The van der Waals surface area contributed by atoms with E-state index in [4.69, 9.17) is 0 Å². The Bertz CT molecular complexity index is 972. The molecule has 1 unspecified atom stereocenters. The third kappa shape index (κ3) is 6.17. The maximum Gasteiger partial charge on any atom is 0.262 e. The summed E-state index contributed by atoms with van der Waals surface area (Å²) in [5.74, 6) is 0.0908. The lowest BCUT2D eigenvalue weighted by Crippen LogP contribution is -2.29. The molecule has 0 radical (unpaired) electrons. The largest absolute Gasteiger partial charge is 0.392 e. The smallest absolute Gasteiger partial charge is 0.262 e. The number of halogens is 1. The van der Waals surface area contributed by atoms with Crippen molar-refractivity contribution >= 4 is 44.5 Å². The van der Waals surface area contributed by atoms with Crippen LogP contribution >= 0.6 is 27.7 Å². The zero-order valence-corrected chi connectivity index (χ0v) is 18.9. The Labute approximate surface area is 182 Å². The zero-order valence-electron chi connectivity index (χ0n) is 16.5. The van der Waals surface area contributed by atoms with Crippen LogP contribution in [0.1, 0.15) is 39.0 Å².